The number of carbonyl (C=O) groups excluding carboxylic acids is 1. The van der Waals surface area contributed by atoms with Gasteiger partial charge in [-0.15, -0.1) is 0 Å². The van der Waals surface area contributed by atoms with Gasteiger partial charge in [-0.05, 0) is 19.3 Å². The third kappa shape index (κ3) is 4.75. The lowest BCUT2D eigenvalue weighted by Gasteiger charge is -2.13. The van der Waals surface area contributed by atoms with Crippen LogP contribution in [0.4, 0.5) is 0 Å². The zero-order valence-corrected chi connectivity index (χ0v) is 16.8. The molecule has 0 fully saturated rings. The highest BCUT2D eigenvalue weighted by Crippen LogP contribution is 2.35. The number of aliphatic carboxylic acids is 2. The van der Waals surface area contributed by atoms with Crippen LogP contribution in [0.3, 0.4) is 0 Å². The van der Waals surface area contributed by atoms with Crippen molar-refractivity contribution < 1.29 is 24.6 Å². The zero-order valence-electron chi connectivity index (χ0n) is 15.3. The lowest BCUT2D eigenvalue weighted by Crippen LogP contribution is -2.25. The van der Waals surface area contributed by atoms with Crippen LogP contribution in [0.25, 0.3) is 0 Å². The van der Waals surface area contributed by atoms with Gasteiger partial charge in [0.25, 0.3) is 0 Å². The molecule has 0 unspecified atom stereocenters. The summed E-state index contributed by atoms with van der Waals surface area (Å²) < 4.78 is 1.43. The first-order valence-corrected chi connectivity index (χ1v) is 9.66. The van der Waals surface area contributed by atoms with Crippen LogP contribution in [0.5, 0.6) is 0 Å². The van der Waals surface area contributed by atoms with E-state index in [0.29, 0.717) is 17.5 Å². The number of ketones is 1. The van der Waals surface area contributed by atoms with Crippen molar-refractivity contribution in [1.82, 2.24) is 4.57 Å². The number of carbonyl (C=O) groups is 3. The molecule has 1 aromatic carbocycles. The van der Waals surface area contributed by atoms with Crippen molar-refractivity contribution in [2.45, 2.75) is 39.2 Å². The summed E-state index contributed by atoms with van der Waals surface area (Å²) in [6.07, 6.45) is 2.00. The Hall–Kier alpha value is -2.31. The molecular weight excluding hydrogens is 405 g/mol. The Balaban J connectivity index is 2.50. The number of aromatic nitrogens is 1. The van der Waals surface area contributed by atoms with E-state index in [1.54, 1.807) is 30.3 Å². The van der Waals surface area contributed by atoms with Crippen LogP contribution < -0.4 is 0 Å². The summed E-state index contributed by atoms with van der Waals surface area (Å²) in [4.78, 5) is 35.5. The third-order valence-electron chi connectivity index (χ3n) is 4.51. The number of carboxylic acids is 2. The Kier molecular flexibility index (Phi) is 7.66. The van der Waals surface area contributed by atoms with Crippen LogP contribution in [-0.2, 0) is 22.6 Å². The van der Waals surface area contributed by atoms with E-state index in [1.807, 2.05) is 6.92 Å². The second-order valence-electron chi connectivity index (χ2n) is 6.40. The van der Waals surface area contributed by atoms with E-state index in [-0.39, 0.29) is 34.6 Å². The van der Waals surface area contributed by atoms with Gasteiger partial charge in [-0.3, -0.25) is 14.4 Å². The van der Waals surface area contributed by atoms with Crippen molar-refractivity contribution in [1.29, 1.82) is 0 Å². The van der Waals surface area contributed by atoms with Gasteiger partial charge in [-0.2, -0.15) is 0 Å². The summed E-state index contributed by atoms with van der Waals surface area (Å²) in [5.41, 5.74) is 1.33. The first-order valence-electron chi connectivity index (χ1n) is 8.91. The average Bonchev–Trinajstić information content (AvgIpc) is 2.90. The van der Waals surface area contributed by atoms with E-state index in [2.05, 4.69) is 0 Å². The summed E-state index contributed by atoms with van der Waals surface area (Å²) >= 11 is 12.7. The molecule has 0 radical (unpaired) electrons. The Labute approximate surface area is 172 Å². The number of unbranched alkanes of at least 4 members (excludes halogenated alkanes) is 1. The second-order valence-corrected chi connectivity index (χ2v) is 7.14. The molecule has 0 saturated carbocycles. The number of nitrogens with zero attached hydrogens (tertiary/aromatic N) is 1. The summed E-state index contributed by atoms with van der Waals surface area (Å²) in [6.45, 7) is 1.96. The molecule has 0 spiro atoms. The van der Waals surface area contributed by atoms with Gasteiger partial charge in [-0.1, -0.05) is 66.9 Å². The molecule has 0 saturated heterocycles. The van der Waals surface area contributed by atoms with E-state index in [9.17, 15) is 14.4 Å². The monoisotopic (exact) mass is 425 g/mol. The standard InChI is InChI=1S/C20H21Cl2NO5/c1-2-3-9-13-15(21)18(22)23(11-10-14(19(25)26)20(27)28)16(13)17(24)12-7-5-4-6-8-12/h4-8,14H,2-3,9-11H2,1H3,(H,25,26)(H,27,28). The van der Waals surface area contributed by atoms with Crippen molar-refractivity contribution in [2.24, 2.45) is 5.92 Å². The van der Waals surface area contributed by atoms with Crippen LogP contribution in [0.2, 0.25) is 10.2 Å². The smallest absolute Gasteiger partial charge is 0.317 e. The topological polar surface area (TPSA) is 96.6 Å². The molecule has 0 bridgehead atoms. The van der Waals surface area contributed by atoms with Crippen molar-refractivity contribution in [3.8, 4) is 0 Å². The Morgan fingerprint density at radius 2 is 1.68 bits per heavy atom. The van der Waals surface area contributed by atoms with Crippen LogP contribution in [0, 0.1) is 5.92 Å². The molecule has 0 aliphatic heterocycles. The fraction of sp³-hybridized carbons (Fsp3) is 0.350. The number of benzene rings is 1. The predicted molar refractivity (Wildman–Crippen MR) is 106 cm³/mol. The minimum Gasteiger partial charge on any atom is -0.481 e. The normalized spacial score (nSPS) is 11.0. The van der Waals surface area contributed by atoms with Crippen molar-refractivity contribution >= 4 is 40.9 Å². The molecular formula is C20H21Cl2NO5. The maximum absolute atomic E-state index is 13.2. The Morgan fingerprint density at radius 1 is 1.07 bits per heavy atom. The zero-order chi connectivity index (χ0) is 20.8. The fourth-order valence-electron chi connectivity index (χ4n) is 3.00. The van der Waals surface area contributed by atoms with Crippen molar-refractivity contribution in [3.05, 3.63) is 57.3 Å². The van der Waals surface area contributed by atoms with Crippen LogP contribution in [0.15, 0.2) is 30.3 Å². The molecule has 150 valence electrons. The molecule has 2 aromatic rings. The van der Waals surface area contributed by atoms with E-state index in [1.165, 1.54) is 4.57 Å². The first-order chi connectivity index (χ1) is 13.3. The number of carboxylic acid groups (broad SMARTS) is 2. The highest BCUT2D eigenvalue weighted by atomic mass is 35.5. The molecule has 8 heteroatoms. The van der Waals surface area contributed by atoms with Gasteiger partial charge in [0.1, 0.15) is 5.15 Å². The quantitative estimate of drug-likeness (QED) is 0.429. The first kappa shape index (κ1) is 22.0. The van der Waals surface area contributed by atoms with Gasteiger partial charge in [0, 0.05) is 17.7 Å². The lowest BCUT2D eigenvalue weighted by atomic mass is 10.0. The molecule has 0 aliphatic carbocycles. The molecule has 0 aliphatic rings. The highest BCUT2D eigenvalue weighted by molar-refractivity contribution is 6.42. The van der Waals surface area contributed by atoms with Gasteiger partial charge >= 0.3 is 11.9 Å². The Morgan fingerprint density at radius 3 is 2.21 bits per heavy atom. The second kappa shape index (κ2) is 9.75. The van der Waals surface area contributed by atoms with Gasteiger partial charge in [0.05, 0.1) is 10.7 Å². The molecule has 0 amide bonds. The molecule has 1 aromatic heterocycles. The molecule has 2 N–H and O–H groups in total. The van der Waals surface area contributed by atoms with Crippen LogP contribution in [0.1, 0.15) is 47.8 Å². The van der Waals surface area contributed by atoms with Gasteiger partial charge in [0.2, 0.25) is 5.78 Å². The maximum atomic E-state index is 13.2. The number of hydrogen-bond donors (Lipinski definition) is 2. The maximum Gasteiger partial charge on any atom is 0.317 e. The van der Waals surface area contributed by atoms with Gasteiger partial charge < -0.3 is 14.8 Å². The van der Waals surface area contributed by atoms with Crippen LogP contribution in [-0.4, -0.2) is 32.5 Å². The van der Waals surface area contributed by atoms with Crippen molar-refractivity contribution in [2.75, 3.05) is 0 Å². The summed E-state index contributed by atoms with van der Waals surface area (Å²) in [5.74, 6) is -4.77. The molecule has 2 rings (SSSR count). The molecule has 6 nitrogen and oxygen atoms in total. The van der Waals surface area contributed by atoms with Gasteiger partial charge in [0.15, 0.2) is 5.92 Å². The molecule has 0 atom stereocenters. The fourth-order valence-corrected chi connectivity index (χ4v) is 3.57. The lowest BCUT2D eigenvalue weighted by molar-refractivity contribution is -0.154. The minimum absolute atomic E-state index is 0.0537. The van der Waals surface area contributed by atoms with Crippen molar-refractivity contribution in [3.63, 3.8) is 0 Å². The number of halogens is 2. The summed E-state index contributed by atoms with van der Waals surface area (Å²) in [6, 6.07) is 8.60. The highest BCUT2D eigenvalue weighted by Gasteiger charge is 2.29. The van der Waals surface area contributed by atoms with E-state index in [4.69, 9.17) is 33.4 Å². The Bertz CT molecular complexity index is 862. The third-order valence-corrected chi connectivity index (χ3v) is 5.40. The molecule has 28 heavy (non-hydrogen) atoms. The minimum atomic E-state index is -1.60. The average molecular weight is 426 g/mol. The van der Waals surface area contributed by atoms with E-state index in [0.717, 1.165) is 12.8 Å². The van der Waals surface area contributed by atoms with E-state index < -0.39 is 17.9 Å². The number of rotatable bonds is 10. The van der Waals surface area contributed by atoms with Crippen LogP contribution >= 0.6 is 23.2 Å². The summed E-state index contributed by atoms with van der Waals surface area (Å²) in [5, 5.41) is 18.6. The SMILES string of the molecule is CCCCc1c(Cl)c(Cl)n(CCC(C(=O)O)C(=O)O)c1C(=O)c1ccccc1. The predicted octanol–water partition coefficient (Wildman–Crippen LogP) is 4.54. The largest absolute Gasteiger partial charge is 0.481 e. The van der Waals surface area contributed by atoms with Gasteiger partial charge in [-0.25, -0.2) is 0 Å². The molecule has 1 heterocycles. The summed E-state index contributed by atoms with van der Waals surface area (Å²) in [7, 11) is 0. The number of hydrogen-bond acceptors (Lipinski definition) is 3. The van der Waals surface area contributed by atoms with E-state index >= 15 is 0 Å².